The third kappa shape index (κ3) is 3.05. The molecule has 0 bridgehead atoms. The summed E-state index contributed by atoms with van der Waals surface area (Å²) in [5.41, 5.74) is 2.45. The second-order valence-corrected chi connectivity index (χ2v) is 6.16. The molecule has 6 nitrogen and oxygen atoms in total. The third-order valence-corrected chi connectivity index (χ3v) is 4.48. The van der Waals surface area contributed by atoms with Crippen LogP contribution >= 0.6 is 0 Å². The number of rotatable bonds is 5. The van der Waals surface area contributed by atoms with Gasteiger partial charge in [-0.3, -0.25) is 0 Å². The van der Waals surface area contributed by atoms with Crippen molar-refractivity contribution in [1.82, 2.24) is 15.0 Å². The van der Waals surface area contributed by atoms with Crippen molar-refractivity contribution < 1.29 is 5.11 Å². The van der Waals surface area contributed by atoms with Gasteiger partial charge in [-0.1, -0.05) is 18.2 Å². The predicted octanol–water partition coefficient (Wildman–Crippen LogP) is 2.18. The van der Waals surface area contributed by atoms with Gasteiger partial charge in [0, 0.05) is 42.9 Å². The summed E-state index contributed by atoms with van der Waals surface area (Å²) in [4.78, 5) is 14.2. The molecule has 0 saturated carbocycles. The molecule has 3 aromatic rings. The molecule has 4 rings (SSSR count). The number of aliphatic hydroxyl groups excluding tert-OH is 1. The highest BCUT2D eigenvalue weighted by molar-refractivity contribution is 5.83. The van der Waals surface area contributed by atoms with Crippen molar-refractivity contribution in [2.24, 2.45) is 0 Å². The maximum Gasteiger partial charge on any atom is 0.224 e. The number of benzene rings is 1. The fourth-order valence-corrected chi connectivity index (χ4v) is 3.21. The molecule has 3 heterocycles. The van der Waals surface area contributed by atoms with E-state index in [4.69, 9.17) is 0 Å². The summed E-state index contributed by atoms with van der Waals surface area (Å²) in [7, 11) is 0. The fourth-order valence-electron chi connectivity index (χ4n) is 3.21. The SMILES string of the molecule is OC1CCN(c2ccnc(NCCc3c[nH]c4ccccc34)n2)C1. The van der Waals surface area contributed by atoms with Gasteiger partial charge in [0.05, 0.1) is 6.10 Å². The molecule has 124 valence electrons. The van der Waals surface area contributed by atoms with E-state index in [1.54, 1.807) is 6.20 Å². The average Bonchev–Trinajstić information content (AvgIpc) is 3.22. The number of fused-ring (bicyclic) bond motifs is 1. The lowest BCUT2D eigenvalue weighted by Gasteiger charge is -2.17. The second kappa shape index (κ2) is 6.49. The maximum atomic E-state index is 9.66. The molecule has 0 radical (unpaired) electrons. The molecule has 1 aliphatic heterocycles. The van der Waals surface area contributed by atoms with Crippen LogP contribution in [0.15, 0.2) is 42.7 Å². The van der Waals surface area contributed by atoms with E-state index in [1.807, 2.05) is 12.1 Å². The molecule has 24 heavy (non-hydrogen) atoms. The molecule has 0 amide bonds. The number of nitrogens with one attached hydrogen (secondary N) is 2. The molecular formula is C18H21N5O. The molecule has 1 fully saturated rings. The highest BCUT2D eigenvalue weighted by Crippen LogP contribution is 2.20. The van der Waals surface area contributed by atoms with Gasteiger partial charge in [0.15, 0.2) is 0 Å². The van der Waals surface area contributed by atoms with Crippen molar-refractivity contribution >= 4 is 22.7 Å². The molecule has 1 saturated heterocycles. The highest BCUT2D eigenvalue weighted by Gasteiger charge is 2.21. The maximum absolute atomic E-state index is 9.66. The zero-order valence-electron chi connectivity index (χ0n) is 13.4. The first kappa shape index (κ1) is 15.0. The zero-order valence-corrected chi connectivity index (χ0v) is 13.4. The average molecular weight is 323 g/mol. The Morgan fingerprint density at radius 3 is 3.08 bits per heavy atom. The van der Waals surface area contributed by atoms with Gasteiger partial charge in [-0.15, -0.1) is 0 Å². The minimum Gasteiger partial charge on any atom is -0.391 e. The summed E-state index contributed by atoms with van der Waals surface area (Å²) in [6.07, 6.45) is 5.28. The van der Waals surface area contributed by atoms with Crippen molar-refractivity contribution in [2.45, 2.75) is 18.9 Å². The van der Waals surface area contributed by atoms with Crippen molar-refractivity contribution in [3.63, 3.8) is 0 Å². The largest absolute Gasteiger partial charge is 0.391 e. The number of aliphatic hydroxyl groups is 1. The lowest BCUT2D eigenvalue weighted by molar-refractivity contribution is 0.198. The van der Waals surface area contributed by atoms with E-state index in [0.29, 0.717) is 12.5 Å². The van der Waals surface area contributed by atoms with Crippen LogP contribution in [0.1, 0.15) is 12.0 Å². The Morgan fingerprint density at radius 1 is 1.29 bits per heavy atom. The van der Waals surface area contributed by atoms with Gasteiger partial charge in [-0.05, 0) is 30.5 Å². The van der Waals surface area contributed by atoms with Gasteiger partial charge in [-0.25, -0.2) is 4.98 Å². The van der Waals surface area contributed by atoms with Crippen LogP contribution in [-0.2, 0) is 6.42 Å². The number of aromatic nitrogens is 3. The Balaban J connectivity index is 1.39. The normalized spacial score (nSPS) is 17.5. The Hall–Kier alpha value is -2.60. The van der Waals surface area contributed by atoms with E-state index in [2.05, 4.69) is 49.6 Å². The summed E-state index contributed by atoms with van der Waals surface area (Å²) < 4.78 is 0. The summed E-state index contributed by atoms with van der Waals surface area (Å²) in [6, 6.07) is 10.2. The van der Waals surface area contributed by atoms with E-state index >= 15 is 0 Å². The highest BCUT2D eigenvalue weighted by atomic mass is 16.3. The standard InChI is InChI=1S/C18H21N5O/c24-14-7-10-23(12-14)17-6-9-20-18(22-17)19-8-5-13-11-21-16-4-2-1-3-15(13)16/h1-4,6,9,11,14,21,24H,5,7-8,10,12H2,(H,19,20,22). The molecule has 1 atom stereocenters. The molecular weight excluding hydrogens is 302 g/mol. The molecule has 1 unspecified atom stereocenters. The lowest BCUT2D eigenvalue weighted by atomic mass is 10.1. The van der Waals surface area contributed by atoms with Crippen LogP contribution in [0.2, 0.25) is 0 Å². The van der Waals surface area contributed by atoms with Crippen LogP contribution in [0.3, 0.4) is 0 Å². The number of hydrogen-bond donors (Lipinski definition) is 3. The summed E-state index contributed by atoms with van der Waals surface area (Å²) >= 11 is 0. The lowest BCUT2D eigenvalue weighted by Crippen LogP contribution is -2.22. The number of nitrogens with zero attached hydrogens (tertiary/aromatic N) is 3. The summed E-state index contributed by atoms with van der Waals surface area (Å²) in [6.45, 7) is 2.26. The van der Waals surface area contributed by atoms with E-state index in [9.17, 15) is 5.11 Å². The number of β-amino-alcohol motifs (C(OH)–C–C–N with tert-alkyl or cyclic N) is 1. The van der Waals surface area contributed by atoms with Gasteiger partial charge in [0.2, 0.25) is 5.95 Å². The fraction of sp³-hybridized carbons (Fsp3) is 0.333. The third-order valence-electron chi connectivity index (χ3n) is 4.48. The number of aromatic amines is 1. The van der Waals surface area contributed by atoms with Crippen LogP contribution in [0.4, 0.5) is 11.8 Å². The first-order chi connectivity index (χ1) is 11.8. The second-order valence-electron chi connectivity index (χ2n) is 6.16. The minimum absolute atomic E-state index is 0.252. The summed E-state index contributed by atoms with van der Waals surface area (Å²) in [5.74, 6) is 1.50. The van der Waals surface area contributed by atoms with E-state index < -0.39 is 0 Å². The number of hydrogen-bond acceptors (Lipinski definition) is 5. The quantitative estimate of drug-likeness (QED) is 0.671. The van der Waals surface area contributed by atoms with E-state index in [1.165, 1.54) is 16.5 Å². The molecule has 1 aliphatic rings. The summed E-state index contributed by atoms with van der Waals surface area (Å²) in [5, 5.41) is 14.2. The van der Waals surface area contributed by atoms with Crippen LogP contribution < -0.4 is 10.2 Å². The van der Waals surface area contributed by atoms with Crippen molar-refractivity contribution in [1.29, 1.82) is 0 Å². The topological polar surface area (TPSA) is 77.1 Å². The van der Waals surface area contributed by atoms with Crippen molar-refractivity contribution in [2.75, 3.05) is 29.9 Å². The predicted molar refractivity (Wildman–Crippen MR) is 95.4 cm³/mol. The molecule has 3 N–H and O–H groups in total. The van der Waals surface area contributed by atoms with E-state index in [-0.39, 0.29) is 6.10 Å². The molecule has 6 heteroatoms. The van der Waals surface area contributed by atoms with E-state index in [0.717, 1.165) is 31.7 Å². The Kier molecular flexibility index (Phi) is 4.04. The first-order valence-corrected chi connectivity index (χ1v) is 8.34. The smallest absolute Gasteiger partial charge is 0.224 e. The van der Waals surface area contributed by atoms with Crippen LogP contribution in [0.25, 0.3) is 10.9 Å². The molecule has 1 aromatic carbocycles. The first-order valence-electron chi connectivity index (χ1n) is 8.34. The Bertz CT molecular complexity index is 831. The number of para-hydroxylation sites is 1. The van der Waals surface area contributed by atoms with Gasteiger partial charge >= 0.3 is 0 Å². The molecule has 0 aliphatic carbocycles. The minimum atomic E-state index is -0.252. The van der Waals surface area contributed by atoms with Gasteiger partial charge in [0.25, 0.3) is 0 Å². The van der Waals surface area contributed by atoms with Crippen molar-refractivity contribution in [3.8, 4) is 0 Å². The van der Waals surface area contributed by atoms with Gasteiger partial charge < -0.3 is 20.3 Å². The molecule has 0 spiro atoms. The number of anilines is 2. The van der Waals surface area contributed by atoms with Crippen LogP contribution in [-0.4, -0.2) is 45.8 Å². The van der Waals surface area contributed by atoms with Gasteiger partial charge in [-0.2, -0.15) is 4.98 Å². The van der Waals surface area contributed by atoms with Gasteiger partial charge in [0.1, 0.15) is 5.82 Å². The monoisotopic (exact) mass is 323 g/mol. The zero-order chi connectivity index (χ0) is 16.4. The Morgan fingerprint density at radius 2 is 2.21 bits per heavy atom. The van der Waals surface area contributed by atoms with Crippen molar-refractivity contribution in [3.05, 3.63) is 48.3 Å². The van der Waals surface area contributed by atoms with Crippen LogP contribution in [0, 0.1) is 0 Å². The molecule has 2 aromatic heterocycles. The Labute approximate surface area is 140 Å². The van der Waals surface area contributed by atoms with Crippen LogP contribution in [0.5, 0.6) is 0 Å². The number of H-pyrrole nitrogens is 1.